The molecule has 9 heteroatoms. The Morgan fingerprint density at radius 3 is 2.43 bits per heavy atom. The Kier molecular flexibility index (Phi) is 7.99. The topological polar surface area (TPSA) is 65.9 Å². The third-order valence-corrected chi connectivity index (χ3v) is 9.26. The second-order valence-corrected chi connectivity index (χ2v) is 12.9. The minimum absolute atomic E-state index is 0.0405. The Hall–Kier alpha value is -4.53. The predicted octanol–water partition coefficient (Wildman–Crippen LogP) is 8.23. The molecule has 1 saturated heterocycles. The van der Waals surface area contributed by atoms with Crippen molar-refractivity contribution in [3.63, 3.8) is 0 Å². The van der Waals surface area contributed by atoms with Crippen LogP contribution >= 0.6 is 0 Å². The lowest BCUT2D eigenvalue weighted by atomic mass is 9.81. The summed E-state index contributed by atoms with van der Waals surface area (Å²) < 4.78 is 55.6. The molecule has 2 unspecified atom stereocenters. The van der Waals surface area contributed by atoms with Crippen LogP contribution in [-0.2, 0) is 4.79 Å². The first-order valence-corrected chi connectivity index (χ1v) is 15.6. The number of ether oxygens (including phenoxy) is 1. The van der Waals surface area contributed by atoms with E-state index in [0.29, 0.717) is 35.7 Å². The molecule has 3 heterocycles. The van der Waals surface area contributed by atoms with E-state index in [1.54, 1.807) is 11.1 Å². The van der Waals surface area contributed by atoms with E-state index in [9.17, 15) is 9.90 Å². The molecule has 0 aliphatic carbocycles. The van der Waals surface area contributed by atoms with E-state index in [1.807, 2.05) is 47.6 Å². The summed E-state index contributed by atoms with van der Waals surface area (Å²) in [7, 11) is 0. The van der Waals surface area contributed by atoms with Gasteiger partial charge in [-0.2, -0.15) is 0 Å². The average molecular weight is 630 g/mol. The van der Waals surface area contributed by atoms with Crippen molar-refractivity contribution >= 4 is 22.4 Å². The number of aryl methyl sites for hydroxylation is 1. The number of anilines is 1. The third-order valence-electron chi connectivity index (χ3n) is 9.26. The molecule has 1 N–H and O–H groups in total. The fraction of sp³-hybridized carbons (Fsp3) is 0.351. The monoisotopic (exact) mass is 629 g/mol. The zero-order chi connectivity index (χ0) is 33.2. The number of aromatic nitrogens is 1. The summed E-state index contributed by atoms with van der Waals surface area (Å²) in [6.45, 7) is 16.5. The maximum absolute atomic E-state index is 17.5. The number of nitrogens with zero attached hydrogens (tertiary/aromatic N) is 3. The highest BCUT2D eigenvalue weighted by molar-refractivity contribution is 6.11. The van der Waals surface area contributed by atoms with Gasteiger partial charge in [-0.05, 0) is 61.6 Å². The van der Waals surface area contributed by atoms with Gasteiger partial charge < -0.3 is 19.6 Å². The smallest absolute Gasteiger partial charge is 0.246 e. The molecule has 0 bridgehead atoms. The SMILES string of the molecule is C=CC(=O)N1CC2COc3c(C(C)C)c(-c4c(C)ccnc4C(C)C)c4c(F)c(-c5c(O)cccc5F)c(F)cc4c3N2CC1C. The number of carbonyl (C=O) groups excluding carboxylic acids is 1. The van der Waals surface area contributed by atoms with Crippen LogP contribution in [0.1, 0.15) is 63.3 Å². The average Bonchev–Trinajstić information content (AvgIpc) is 3.00. The minimum atomic E-state index is -1.02. The fourth-order valence-electron chi connectivity index (χ4n) is 7.18. The van der Waals surface area contributed by atoms with Crippen molar-refractivity contribution in [2.75, 3.05) is 24.6 Å². The number of aromatic hydroxyl groups is 1. The molecule has 0 spiro atoms. The highest BCUT2D eigenvalue weighted by atomic mass is 19.1. The zero-order valence-corrected chi connectivity index (χ0v) is 26.9. The summed E-state index contributed by atoms with van der Waals surface area (Å²) in [6, 6.07) is 6.14. The molecule has 3 aromatic carbocycles. The minimum Gasteiger partial charge on any atom is -0.507 e. The molecule has 46 heavy (non-hydrogen) atoms. The molecule has 2 aliphatic rings. The third kappa shape index (κ3) is 4.79. The van der Waals surface area contributed by atoms with Gasteiger partial charge in [0.1, 0.15) is 35.6 Å². The van der Waals surface area contributed by atoms with Gasteiger partial charge in [-0.25, -0.2) is 13.2 Å². The van der Waals surface area contributed by atoms with E-state index in [0.717, 1.165) is 22.9 Å². The molecule has 1 amide bonds. The number of pyridine rings is 1. The molecule has 2 aliphatic heterocycles. The molecule has 6 nitrogen and oxygen atoms in total. The maximum atomic E-state index is 17.5. The maximum Gasteiger partial charge on any atom is 0.246 e. The first-order chi connectivity index (χ1) is 21.9. The number of hydrogen-bond acceptors (Lipinski definition) is 5. The van der Waals surface area contributed by atoms with Crippen LogP contribution in [0.2, 0.25) is 0 Å². The van der Waals surface area contributed by atoms with E-state index >= 15 is 13.2 Å². The molecule has 1 aromatic heterocycles. The number of phenols is 1. The Bertz CT molecular complexity index is 1880. The predicted molar refractivity (Wildman–Crippen MR) is 175 cm³/mol. The largest absolute Gasteiger partial charge is 0.507 e. The molecule has 2 atom stereocenters. The molecular formula is C37H38F3N3O3. The van der Waals surface area contributed by atoms with Crippen molar-refractivity contribution in [1.82, 2.24) is 9.88 Å². The van der Waals surface area contributed by atoms with Crippen molar-refractivity contribution in [3.05, 3.63) is 83.5 Å². The van der Waals surface area contributed by atoms with Crippen molar-refractivity contribution < 1.29 is 27.8 Å². The molecule has 1 fully saturated rings. The van der Waals surface area contributed by atoms with E-state index in [-0.39, 0.29) is 47.2 Å². The summed E-state index contributed by atoms with van der Waals surface area (Å²) >= 11 is 0. The second kappa shape index (κ2) is 11.7. The van der Waals surface area contributed by atoms with Crippen molar-refractivity contribution in [2.45, 2.75) is 65.5 Å². The Morgan fingerprint density at radius 1 is 1.04 bits per heavy atom. The number of fused-ring (bicyclic) bond motifs is 5. The normalized spacial score (nSPS) is 17.7. The second-order valence-electron chi connectivity index (χ2n) is 12.9. The molecule has 4 aromatic rings. The first kappa shape index (κ1) is 31.5. The lowest BCUT2D eigenvalue weighted by Gasteiger charge is -2.49. The number of halogens is 3. The summed E-state index contributed by atoms with van der Waals surface area (Å²) in [5, 5.41) is 11.0. The Balaban J connectivity index is 1.79. The Labute approximate surface area is 267 Å². The van der Waals surface area contributed by atoms with E-state index in [4.69, 9.17) is 9.72 Å². The van der Waals surface area contributed by atoms with Crippen molar-refractivity contribution in [3.8, 4) is 33.8 Å². The zero-order valence-electron chi connectivity index (χ0n) is 26.9. The van der Waals surface area contributed by atoms with Crippen LogP contribution in [0.5, 0.6) is 11.5 Å². The fourth-order valence-corrected chi connectivity index (χ4v) is 7.18. The van der Waals surface area contributed by atoms with Crippen LogP contribution in [0.25, 0.3) is 33.0 Å². The number of hydrogen-bond donors (Lipinski definition) is 1. The quantitative estimate of drug-likeness (QED) is 0.225. The molecule has 0 radical (unpaired) electrons. The molecule has 6 rings (SSSR count). The van der Waals surface area contributed by atoms with Crippen molar-refractivity contribution in [1.29, 1.82) is 0 Å². The molecule has 240 valence electrons. The summed E-state index contributed by atoms with van der Waals surface area (Å²) in [5.74, 6) is -3.39. The number of carbonyl (C=O) groups is 1. The standard InChI is InChI=1S/C37H38F3N3O3/c1-8-27(45)42-16-22-17-46-37-28(18(2)3)33(29-20(6)12-13-41-35(29)19(4)5)30-23(36(37)43(22)15-21(42)7)14-25(39)32(34(30)40)31-24(38)10-9-11-26(31)44/h8-14,18-19,21-22,44H,1,15-17H2,2-7H3. The van der Waals surface area contributed by atoms with Gasteiger partial charge in [0.25, 0.3) is 0 Å². The molecular weight excluding hydrogens is 591 g/mol. The number of piperazine rings is 1. The van der Waals surface area contributed by atoms with Crippen LogP contribution in [-0.4, -0.2) is 52.7 Å². The van der Waals surface area contributed by atoms with Crippen LogP contribution in [0.3, 0.4) is 0 Å². The van der Waals surface area contributed by atoms with E-state index < -0.39 is 34.3 Å². The summed E-state index contributed by atoms with van der Waals surface area (Å²) in [5.41, 5.74) is 2.88. The lowest BCUT2D eigenvalue weighted by Crippen LogP contribution is -2.61. The van der Waals surface area contributed by atoms with Crippen LogP contribution in [0.15, 0.2) is 49.2 Å². The van der Waals surface area contributed by atoms with Crippen LogP contribution in [0, 0.1) is 24.4 Å². The van der Waals surface area contributed by atoms with Gasteiger partial charge in [0, 0.05) is 52.8 Å². The highest BCUT2D eigenvalue weighted by Crippen LogP contribution is 2.55. The lowest BCUT2D eigenvalue weighted by molar-refractivity contribution is -0.129. The van der Waals surface area contributed by atoms with Gasteiger partial charge in [0.2, 0.25) is 5.91 Å². The van der Waals surface area contributed by atoms with E-state index in [2.05, 4.69) is 11.5 Å². The van der Waals surface area contributed by atoms with Gasteiger partial charge in [0.05, 0.1) is 28.6 Å². The van der Waals surface area contributed by atoms with Gasteiger partial charge in [-0.1, -0.05) is 40.3 Å². The highest BCUT2D eigenvalue weighted by Gasteiger charge is 2.42. The summed E-state index contributed by atoms with van der Waals surface area (Å²) in [6.07, 6.45) is 3.00. The van der Waals surface area contributed by atoms with Gasteiger partial charge in [0.15, 0.2) is 0 Å². The Morgan fingerprint density at radius 2 is 1.78 bits per heavy atom. The molecule has 0 saturated carbocycles. The number of phenolic OH excluding ortho intramolecular Hbond substituents is 1. The number of rotatable bonds is 5. The number of benzene rings is 3. The van der Waals surface area contributed by atoms with Gasteiger partial charge in [-0.3, -0.25) is 9.78 Å². The van der Waals surface area contributed by atoms with Crippen LogP contribution < -0.4 is 9.64 Å². The van der Waals surface area contributed by atoms with E-state index in [1.165, 1.54) is 24.3 Å². The summed E-state index contributed by atoms with van der Waals surface area (Å²) in [4.78, 5) is 21.2. The van der Waals surface area contributed by atoms with Gasteiger partial charge in [-0.15, -0.1) is 0 Å². The number of amides is 1. The first-order valence-electron chi connectivity index (χ1n) is 15.6. The van der Waals surface area contributed by atoms with Crippen LogP contribution in [0.4, 0.5) is 18.9 Å². The van der Waals surface area contributed by atoms with Crippen molar-refractivity contribution in [2.24, 2.45) is 0 Å². The van der Waals surface area contributed by atoms with Gasteiger partial charge >= 0.3 is 0 Å².